The largest absolute Gasteiger partial charge is 0.469 e. The highest BCUT2D eigenvalue weighted by atomic mass is 16.6. The Bertz CT molecular complexity index is 709. The first kappa shape index (κ1) is 19.8. The average molecular weight is 358 g/mol. The Morgan fingerprint density at radius 2 is 2.04 bits per heavy atom. The van der Waals surface area contributed by atoms with E-state index in [9.17, 15) is 9.59 Å². The fraction of sp³-hybridized carbons (Fsp3) is 0.550. The second-order valence-electron chi connectivity index (χ2n) is 7.88. The Hall–Kier alpha value is -2.55. The first-order valence-corrected chi connectivity index (χ1v) is 8.72. The molecule has 0 atom stereocenters. The second-order valence-corrected chi connectivity index (χ2v) is 7.88. The van der Waals surface area contributed by atoms with Gasteiger partial charge in [-0.25, -0.2) is 4.79 Å². The molecule has 0 aromatic heterocycles. The molecule has 0 spiro atoms. The average Bonchev–Trinajstić information content (AvgIpc) is 2.50. The molecule has 1 amide bonds. The monoisotopic (exact) mass is 358 g/mol. The first-order chi connectivity index (χ1) is 12.2. The molecular formula is C20H26N2O4. The highest BCUT2D eigenvalue weighted by molar-refractivity contribution is 5.85. The van der Waals surface area contributed by atoms with Gasteiger partial charge in [-0.15, -0.1) is 0 Å². The topological polar surface area (TPSA) is 88.4 Å². The Morgan fingerprint density at radius 3 is 2.62 bits per heavy atom. The van der Waals surface area contributed by atoms with Crippen LogP contribution in [0, 0.1) is 17.2 Å². The standard InChI is InChI=1S/C20H26N2O4/c1-19(2,3)26-18(24)22-16-7-5-6-15(10-16)20(13-17(23)25-4)11-14(12-20)8-9-21/h5-7,10,14H,8,11-13H2,1-4H3,(H,22,24)/t14-,20-. The van der Waals surface area contributed by atoms with Crippen molar-refractivity contribution < 1.29 is 19.1 Å². The van der Waals surface area contributed by atoms with Crippen molar-refractivity contribution in [2.24, 2.45) is 5.92 Å². The number of hydrogen-bond donors (Lipinski definition) is 1. The third-order valence-electron chi connectivity index (χ3n) is 4.57. The number of anilines is 1. The van der Waals surface area contributed by atoms with Crippen LogP contribution in [-0.2, 0) is 19.7 Å². The van der Waals surface area contributed by atoms with Crippen LogP contribution >= 0.6 is 0 Å². The number of methoxy groups -OCH3 is 1. The van der Waals surface area contributed by atoms with Crippen LogP contribution in [-0.4, -0.2) is 24.8 Å². The molecule has 1 aromatic carbocycles. The number of carbonyl (C=O) groups is 2. The molecule has 0 heterocycles. The summed E-state index contributed by atoms with van der Waals surface area (Å²) in [6.07, 6.45) is 1.74. The Labute approximate surface area is 154 Å². The van der Waals surface area contributed by atoms with Crippen LogP contribution in [0.3, 0.4) is 0 Å². The van der Waals surface area contributed by atoms with E-state index in [-0.39, 0.29) is 23.7 Å². The van der Waals surface area contributed by atoms with Gasteiger partial charge in [0.25, 0.3) is 0 Å². The van der Waals surface area contributed by atoms with Crippen molar-refractivity contribution in [3.05, 3.63) is 29.8 Å². The van der Waals surface area contributed by atoms with Gasteiger partial charge in [0.15, 0.2) is 0 Å². The van der Waals surface area contributed by atoms with Gasteiger partial charge in [-0.1, -0.05) is 12.1 Å². The molecule has 1 N–H and O–H groups in total. The lowest BCUT2D eigenvalue weighted by Gasteiger charge is -2.47. The maximum Gasteiger partial charge on any atom is 0.412 e. The van der Waals surface area contributed by atoms with Gasteiger partial charge >= 0.3 is 12.1 Å². The molecule has 0 radical (unpaired) electrons. The number of carbonyl (C=O) groups excluding carboxylic acids is 2. The van der Waals surface area contributed by atoms with Crippen molar-refractivity contribution in [2.75, 3.05) is 12.4 Å². The van der Waals surface area contributed by atoms with Crippen LogP contribution in [0.4, 0.5) is 10.5 Å². The smallest absolute Gasteiger partial charge is 0.412 e. The molecule has 6 nitrogen and oxygen atoms in total. The Balaban J connectivity index is 2.18. The van der Waals surface area contributed by atoms with Gasteiger partial charge in [0.1, 0.15) is 5.60 Å². The van der Waals surface area contributed by atoms with Gasteiger partial charge < -0.3 is 9.47 Å². The highest BCUT2D eigenvalue weighted by Gasteiger charge is 2.47. The summed E-state index contributed by atoms with van der Waals surface area (Å²) in [5, 5.41) is 11.6. The predicted octanol–water partition coefficient (Wildman–Crippen LogP) is 4.16. The summed E-state index contributed by atoms with van der Waals surface area (Å²) in [5.74, 6) is 0.0121. The third kappa shape index (κ3) is 4.98. The van der Waals surface area contributed by atoms with Crippen LogP contribution in [0.5, 0.6) is 0 Å². The highest BCUT2D eigenvalue weighted by Crippen LogP contribution is 2.52. The van der Waals surface area contributed by atoms with E-state index >= 15 is 0 Å². The van der Waals surface area contributed by atoms with E-state index in [1.165, 1.54) is 7.11 Å². The van der Waals surface area contributed by atoms with E-state index in [1.807, 2.05) is 18.2 Å². The molecule has 1 aromatic rings. The summed E-state index contributed by atoms with van der Waals surface area (Å²) >= 11 is 0. The number of benzene rings is 1. The van der Waals surface area contributed by atoms with Crippen LogP contribution in [0.25, 0.3) is 0 Å². The summed E-state index contributed by atoms with van der Waals surface area (Å²) in [6.45, 7) is 5.41. The van der Waals surface area contributed by atoms with Gasteiger partial charge in [0, 0.05) is 17.5 Å². The fourth-order valence-electron chi connectivity index (χ4n) is 3.50. The van der Waals surface area contributed by atoms with Crippen LogP contribution in [0.2, 0.25) is 0 Å². The minimum Gasteiger partial charge on any atom is -0.469 e. The summed E-state index contributed by atoms with van der Waals surface area (Å²) in [6, 6.07) is 9.64. The summed E-state index contributed by atoms with van der Waals surface area (Å²) < 4.78 is 10.1. The minimum absolute atomic E-state index is 0.265. The maximum atomic E-state index is 12.0. The van der Waals surface area contributed by atoms with E-state index in [0.717, 1.165) is 18.4 Å². The molecule has 0 bridgehead atoms. The van der Waals surface area contributed by atoms with Crippen LogP contribution in [0.1, 0.15) is 52.0 Å². The van der Waals surface area contributed by atoms with Gasteiger partial charge in [-0.05, 0) is 57.2 Å². The van der Waals surface area contributed by atoms with Gasteiger partial charge in [0.2, 0.25) is 0 Å². The summed E-state index contributed by atoms with van der Waals surface area (Å²) in [7, 11) is 1.38. The van der Waals surface area contributed by atoms with E-state index in [4.69, 9.17) is 14.7 Å². The molecule has 140 valence electrons. The van der Waals surface area contributed by atoms with E-state index in [2.05, 4.69) is 11.4 Å². The Morgan fingerprint density at radius 1 is 1.35 bits per heavy atom. The Kier molecular flexibility index (Phi) is 5.91. The minimum atomic E-state index is -0.577. The summed E-state index contributed by atoms with van der Waals surface area (Å²) in [5.41, 5.74) is 0.655. The molecule has 0 unspecified atom stereocenters. The molecule has 1 fully saturated rings. The number of esters is 1. The summed E-state index contributed by atoms with van der Waals surface area (Å²) in [4.78, 5) is 23.9. The molecule has 1 saturated carbocycles. The zero-order chi connectivity index (χ0) is 19.4. The van der Waals surface area contributed by atoms with Gasteiger partial charge in [0.05, 0.1) is 19.6 Å². The lowest BCUT2D eigenvalue weighted by Crippen LogP contribution is -2.43. The third-order valence-corrected chi connectivity index (χ3v) is 4.57. The van der Waals surface area contributed by atoms with Crippen LogP contribution in [0.15, 0.2) is 24.3 Å². The SMILES string of the molecule is COC(=O)C[C@]1(c2cccc(NC(=O)OC(C)(C)C)c2)C[C@H](CC#N)C1. The molecule has 0 aliphatic heterocycles. The lowest BCUT2D eigenvalue weighted by atomic mass is 9.56. The zero-order valence-corrected chi connectivity index (χ0v) is 15.8. The molecule has 0 saturated heterocycles. The molecule has 26 heavy (non-hydrogen) atoms. The number of hydrogen-bond acceptors (Lipinski definition) is 5. The number of amides is 1. The van der Waals surface area contributed by atoms with E-state index in [1.54, 1.807) is 26.8 Å². The normalized spacial score (nSPS) is 21.9. The number of nitrogens with zero attached hydrogens (tertiary/aromatic N) is 1. The van der Waals surface area contributed by atoms with Gasteiger partial charge in [-0.3, -0.25) is 10.1 Å². The fourth-order valence-corrected chi connectivity index (χ4v) is 3.50. The van der Waals surface area contributed by atoms with Crippen molar-refractivity contribution in [3.63, 3.8) is 0 Å². The van der Waals surface area contributed by atoms with E-state index < -0.39 is 11.7 Å². The molecule has 1 aliphatic carbocycles. The maximum absolute atomic E-state index is 12.0. The van der Waals surface area contributed by atoms with Crippen molar-refractivity contribution in [1.29, 1.82) is 5.26 Å². The number of nitrogens with one attached hydrogen (secondary N) is 1. The first-order valence-electron chi connectivity index (χ1n) is 8.72. The number of nitriles is 1. The quantitative estimate of drug-likeness (QED) is 0.799. The van der Waals surface area contributed by atoms with Crippen molar-refractivity contribution in [3.8, 4) is 6.07 Å². The molecule has 1 aliphatic rings. The van der Waals surface area contributed by atoms with E-state index in [0.29, 0.717) is 12.1 Å². The molecular weight excluding hydrogens is 332 g/mol. The van der Waals surface area contributed by atoms with Crippen molar-refractivity contribution >= 4 is 17.7 Å². The number of ether oxygens (including phenoxy) is 2. The number of rotatable bonds is 5. The van der Waals surface area contributed by atoms with Crippen molar-refractivity contribution in [2.45, 2.75) is 57.5 Å². The van der Waals surface area contributed by atoms with Crippen LogP contribution < -0.4 is 5.32 Å². The zero-order valence-electron chi connectivity index (χ0n) is 15.8. The molecule has 6 heteroatoms. The van der Waals surface area contributed by atoms with Crippen molar-refractivity contribution in [1.82, 2.24) is 0 Å². The molecule has 2 rings (SSSR count). The second kappa shape index (κ2) is 7.77. The predicted molar refractivity (Wildman–Crippen MR) is 97.6 cm³/mol. The lowest BCUT2D eigenvalue weighted by molar-refractivity contribution is -0.143. The van der Waals surface area contributed by atoms with Gasteiger partial charge in [-0.2, -0.15) is 5.26 Å².